The minimum absolute atomic E-state index is 0. The van der Waals surface area contributed by atoms with E-state index in [9.17, 15) is 14.8 Å². The van der Waals surface area contributed by atoms with Crippen LogP contribution in [0.25, 0.3) is 0 Å². The van der Waals surface area contributed by atoms with E-state index >= 15 is 0 Å². The third kappa shape index (κ3) is 3.59. The molecule has 0 fully saturated rings. The van der Waals surface area contributed by atoms with Crippen molar-refractivity contribution in [3.63, 3.8) is 0 Å². The van der Waals surface area contributed by atoms with Crippen LogP contribution in [0.5, 0.6) is 0 Å². The summed E-state index contributed by atoms with van der Waals surface area (Å²) in [6.45, 7) is 3.68. The maximum atomic E-state index is 11.3. The number of aliphatic carboxylic acids is 1. The van der Waals surface area contributed by atoms with Crippen molar-refractivity contribution in [2.24, 2.45) is 11.1 Å². The minimum atomic E-state index is -1.77. The second-order valence-corrected chi connectivity index (χ2v) is 4.07. The van der Waals surface area contributed by atoms with E-state index in [-0.39, 0.29) is 47.6 Å². The van der Waals surface area contributed by atoms with Crippen LogP contribution in [-0.4, -0.2) is 45.6 Å². The molecule has 5 nitrogen and oxygen atoms in total. The third-order valence-electron chi connectivity index (χ3n) is 2.30. The average Bonchev–Trinajstić information content (AvgIpc) is 2.26. The number of carbonyl (C=O) groups is 1. The van der Waals surface area contributed by atoms with Crippen LogP contribution in [0.4, 0.5) is 0 Å². The topological polar surface area (TPSA) is 79.6 Å². The van der Waals surface area contributed by atoms with Crippen LogP contribution in [0.3, 0.4) is 0 Å². The van der Waals surface area contributed by atoms with Crippen molar-refractivity contribution in [1.82, 2.24) is 4.98 Å². The van der Waals surface area contributed by atoms with Gasteiger partial charge in [0.2, 0.25) is 5.54 Å². The molecule has 1 heterocycles. The first-order valence-corrected chi connectivity index (χ1v) is 5.02. The summed E-state index contributed by atoms with van der Waals surface area (Å²) in [5.41, 5.74) is -1.58. The molecule has 0 aliphatic carbocycles. The fourth-order valence-electron chi connectivity index (χ4n) is 1.62. The van der Waals surface area contributed by atoms with Crippen LogP contribution in [0, 0.1) is 10.8 Å². The van der Waals surface area contributed by atoms with E-state index in [0.29, 0.717) is 0 Å². The van der Waals surface area contributed by atoms with Gasteiger partial charge in [0.05, 0.1) is 5.69 Å². The predicted molar refractivity (Wildman–Crippen MR) is 65.9 cm³/mol. The number of carboxylic acids is 1. The predicted octanol–water partition coefficient (Wildman–Crippen LogP) is 1.53. The first kappa shape index (κ1) is 16.2. The number of carboxylic acid groups (broad SMARTS) is 1. The summed E-state index contributed by atoms with van der Waals surface area (Å²) in [6, 6.07) is 4.82. The first-order valence-electron chi connectivity index (χ1n) is 5.02. The van der Waals surface area contributed by atoms with Gasteiger partial charge in [0.1, 0.15) is 0 Å². The number of hydrogen-bond donors (Lipinski definition) is 1. The second kappa shape index (κ2) is 6.83. The Bertz CT molecular complexity index is 384. The van der Waals surface area contributed by atoms with Gasteiger partial charge in [0, 0.05) is 6.20 Å². The SMILES string of the molecule is CC(C)CC(N=O)(C(=O)O)c1ccccn1.[NaH]. The van der Waals surface area contributed by atoms with Gasteiger partial charge in [-0.3, -0.25) is 4.98 Å². The summed E-state index contributed by atoms with van der Waals surface area (Å²) in [6.07, 6.45) is 1.60. The zero-order valence-corrected chi connectivity index (χ0v) is 9.25. The standard InChI is InChI=1S/C11H14N2O3.Na.H/c1-8(2)7-11(13-16,10(14)15)9-5-3-4-6-12-9;;/h3-6,8H,7H2,1-2H3,(H,14,15);;. The summed E-state index contributed by atoms with van der Waals surface area (Å²) in [4.78, 5) is 26.1. The van der Waals surface area contributed by atoms with Gasteiger partial charge in [-0.2, -0.15) is 0 Å². The van der Waals surface area contributed by atoms with E-state index in [1.54, 1.807) is 12.1 Å². The van der Waals surface area contributed by atoms with Crippen molar-refractivity contribution in [3.05, 3.63) is 35.0 Å². The number of rotatable bonds is 5. The van der Waals surface area contributed by atoms with E-state index in [1.165, 1.54) is 12.3 Å². The van der Waals surface area contributed by atoms with Gasteiger partial charge in [0.15, 0.2) is 0 Å². The normalized spacial score (nSPS) is 13.6. The first-order chi connectivity index (χ1) is 7.53. The average molecular weight is 246 g/mol. The molecule has 0 saturated carbocycles. The van der Waals surface area contributed by atoms with Crippen molar-refractivity contribution in [2.75, 3.05) is 0 Å². The Labute approximate surface area is 122 Å². The molecule has 0 bridgehead atoms. The molecule has 0 aliphatic heterocycles. The number of pyridine rings is 1. The molecule has 0 radical (unpaired) electrons. The fourth-order valence-corrected chi connectivity index (χ4v) is 1.62. The molecule has 0 aliphatic rings. The summed E-state index contributed by atoms with van der Waals surface area (Å²) < 4.78 is 0. The Morgan fingerprint density at radius 1 is 1.53 bits per heavy atom. The van der Waals surface area contributed by atoms with Gasteiger partial charge < -0.3 is 5.11 Å². The van der Waals surface area contributed by atoms with E-state index in [1.807, 2.05) is 13.8 Å². The van der Waals surface area contributed by atoms with Gasteiger partial charge in [-0.15, -0.1) is 4.91 Å². The van der Waals surface area contributed by atoms with E-state index in [0.717, 1.165) is 0 Å². The number of hydrogen-bond acceptors (Lipinski definition) is 4. The molecule has 1 unspecified atom stereocenters. The molecule has 88 valence electrons. The van der Waals surface area contributed by atoms with E-state index < -0.39 is 11.5 Å². The number of aromatic nitrogens is 1. The number of nitroso groups, excluding NO2 is 1. The van der Waals surface area contributed by atoms with Crippen molar-refractivity contribution in [2.45, 2.75) is 25.8 Å². The molecule has 0 saturated heterocycles. The van der Waals surface area contributed by atoms with Crippen LogP contribution >= 0.6 is 0 Å². The summed E-state index contributed by atoms with van der Waals surface area (Å²) in [5.74, 6) is -1.22. The maximum absolute atomic E-state index is 11.3. The molecule has 1 aromatic rings. The van der Waals surface area contributed by atoms with Gasteiger partial charge in [0.25, 0.3) is 0 Å². The Kier molecular flexibility index (Phi) is 6.52. The second-order valence-electron chi connectivity index (χ2n) is 4.07. The Balaban J connectivity index is 0.00000256. The quantitative estimate of drug-likeness (QED) is 0.631. The van der Waals surface area contributed by atoms with Crippen LogP contribution < -0.4 is 0 Å². The van der Waals surface area contributed by atoms with Crippen molar-refractivity contribution >= 4 is 35.5 Å². The fraction of sp³-hybridized carbons (Fsp3) is 0.455. The summed E-state index contributed by atoms with van der Waals surface area (Å²) >= 11 is 0. The molecular formula is C11H15N2NaO3. The van der Waals surface area contributed by atoms with Gasteiger partial charge in [-0.05, 0) is 29.6 Å². The van der Waals surface area contributed by atoms with Crippen LogP contribution in [0.2, 0.25) is 0 Å². The zero-order valence-electron chi connectivity index (χ0n) is 9.25. The third-order valence-corrected chi connectivity index (χ3v) is 2.30. The van der Waals surface area contributed by atoms with Crippen LogP contribution in [0.1, 0.15) is 26.0 Å². The molecule has 0 amide bonds. The van der Waals surface area contributed by atoms with Crippen LogP contribution in [-0.2, 0) is 10.3 Å². The molecule has 1 atom stereocenters. The summed E-state index contributed by atoms with van der Waals surface area (Å²) in [5, 5.41) is 12.0. The van der Waals surface area contributed by atoms with Gasteiger partial charge in [-0.25, -0.2) is 4.79 Å². The molecule has 6 heteroatoms. The van der Waals surface area contributed by atoms with E-state index in [2.05, 4.69) is 10.2 Å². The monoisotopic (exact) mass is 246 g/mol. The Morgan fingerprint density at radius 3 is 2.53 bits per heavy atom. The summed E-state index contributed by atoms with van der Waals surface area (Å²) in [7, 11) is 0. The molecule has 1 N–H and O–H groups in total. The van der Waals surface area contributed by atoms with Crippen molar-refractivity contribution < 1.29 is 9.90 Å². The molecule has 0 spiro atoms. The van der Waals surface area contributed by atoms with Crippen LogP contribution in [0.15, 0.2) is 29.6 Å². The Hall–Kier alpha value is -0.780. The molecule has 1 rings (SSSR count). The van der Waals surface area contributed by atoms with Gasteiger partial charge in [-0.1, -0.05) is 19.9 Å². The van der Waals surface area contributed by atoms with E-state index in [4.69, 9.17) is 0 Å². The number of nitrogens with zero attached hydrogens (tertiary/aromatic N) is 2. The molecule has 1 aromatic heterocycles. The molecule has 17 heavy (non-hydrogen) atoms. The van der Waals surface area contributed by atoms with Crippen molar-refractivity contribution in [1.29, 1.82) is 0 Å². The Morgan fingerprint density at radius 2 is 2.18 bits per heavy atom. The molecular weight excluding hydrogens is 231 g/mol. The zero-order chi connectivity index (χ0) is 12.2. The van der Waals surface area contributed by atoms with Crippen molar-refractivity contribution in [3.8, 4) is 0 Å². The van der Waals surface area contributed by atoms with Gasteiger partial charge >= 0.3 is 35.5 Å². The molecule has 0 aromatic carbocycles.